The molecule has 2 aromatic carbocycles. The van der Waals surface area contributed by atoms with E-state index < -0.39 is 0 Å². The molecule has 32 heavy (non-hydrogen) atoms. The Morgan fingerprint density at radius 2 is 1.53 bits per heavy atom. The van der Waals surface area contributed by atoms with E-state index in [9.17, 15) is 9.59 Å². The van der Waals surface area contributed by atoms with Gasteiger partial charge in [-0.25, -0.2) is 4.99 Å². The van der Waals surface area contributed by atoms with Crippen molar-refractivity contribution in [2.24, 2.45) is 10.9 Å². The number of nitrogens with one attached hydrogen (secondary N) is 3. The van der Waals surface area contributed by atoms with Crippen LogP contribution in [0, 0.1) is 5.92 Å². The van der Waals surface area contributed by atoms with Crippen LogP contribution in [0.25, 0.3) is 0 Å². The van der Waals surface area contributed by atoms with Gasteiger partial charge in [-0.3, -0.25) is 9.59 Å². The summed E-state index contributed by atoms with van der Waals surface area (Å²) in [5, 5.41) is 9.44. The van der Waals surface area contributed by atoms with Gasteiger partial charge in [0.2, 0.25) is 5.91 Å². The van der Waals surface area contributed by atoms with Crippen molar-refractivity contribution in [2.75, 3.05) is 26.0 Å². The van der Waals surface area contributed by atoms with Crippen molar-refractivity contribution in [3.63, 3.8) is 0 Å². The summed E-state index contributed by atoms with van der Waals surface area (Å²) >= 11 is 0. The van der Waals surface area contributed by atoms with Gasteiger partial charge in [0.25, 0.3) is 5.91 Å². The van der Waals surface area contributed by atoms with Gasteiger partial charge < -0.3 is 20.9 Å². The van der Waals surface area contributed by atoms with Gasteiger partial charge in [-0.15, -0.1) is 24.0 Å². The predicted octanol–water partition coefficient (Wildman–Crippen LogP) is 3.86. The highest BCUT2D eigenvalue weighted by atomic mass is 127. The van der Waals surface area contributed by atoms with Crippen LogP contribution >= 0.6 is 24.0 Å². The van der Waals surface area contributed by atoms with Gasteiger partial charge in [0.05, 0.1) is 6.54 Å². The van der Waals surface area contributed by atoms with Crippen LogP contribution in [0.15, 0.2) is 53.5 Å². The zero-order valence-corrected chi connectivity index (χ0v) is 21.8. The third kappa shape index (κ3) is 8.86. The molecule has 0 fully saturated rings. The SMILES string of the molecule is CCNC(=NCc1ccc(NC(=O)C(C)C)cc1)NCc1ccc(C(=O)N(C)C)cc1.I. The lowest BCUT2D eigenvalue weighted by molar-refractivity contribution is -0.118. The normalized spacial score (nSPS) is 10.9. The van der Waals surface area contributed by atoms with E-state index in [1.807, 2.05) is 69.3 Å². The second-order valence-electron chi connectivity index (χ2n) is 7.79. The van der Waals surface area contributed by atoms with E-state index in [0.717, 1.165) is 23.4 Å². The van der Waals surface area contributed by atoms with Crippen molar-refractivity contribution in [3.8, 4) is 0 Å². The molecular formula is C24H34IN5O2. The Bertz CT molecular complexity index is 894. The second-order valence-corrected chi connectivity index (χ2v) is 7.79. The standard InChI is InChI=1S/C24H33N5O2.HI/c1-6-25-24(26-15-18-7-11-20(12-8-18)23(31)29(4)5)27-16-19-9-13-21(14-10-19)28-22(30)17(2)3;/h7-14,17H,6,15-16H2,1-5H3,(H,28,30)(H2,25,26,27);1H. The third-order valence-electron chi connectivity index (χ3n) is 4.58. The molecule has 0 saturated carbocycles. The fraction of sp³-hybridized carbons (Fsp3) is 0.375. The van der Waals surface area contributed by atoms with Gasteiger partial charge in [-0.2, -0.15) is 0 Å². The number of carbonyl (C=O) groups is 2. The van der Waals surface area contributed by atoms with Gasteiger partial charge in [0.1, 0.15) is 0 Å². The molecule has 0 unspecified atom stereocenters. The second kappa shape index (κ2) is 13.7. The number of nitrogens with zero attached hydrogens (tertiary/aromatic N) is 2. The molecule has 7 nitrogen and oxygen atoms in total. The smallest absolute Gasteiger partial charge is 0.253 e. The molecule has 0 heterocycles. The van der Waals surface area contributed by atoms with Crippen LogP contribution in [0.1, 0.15) is 42.3 Å². The molecule has 0 spiro atoms. The first-order valence-electron chi connectivity index (χ1n) is 10.5. The van der Waals surface area contributed by atoms with Crippen LogP contribution in [0.3, 0.4) is 0 Å². The summed E-state index contributed by atoms with van der Waals surface area (Å²) in [6.45, 7) is 7.62. The van der Waals surface area contributed by atoms with Gasteiger partial charge in [0, 0.05) is 44.4 Å². The van der Waals surface area contributed by atoms with Crippen LogP contribution < -0.4 is 16.0 Å². The van der Waals surface area contributed by atoms with E-state index >= 15 is 0 Å². The zero-order chi connectivity index (χ0) is 22.8. The Labute approximate surface area is 208 Å². The van der Waals surface area contributed by atoms with Crippen LogP contribution in [-0.2, 0) is 17.9 Å². The third-order valence-corrected chi connectivity index (χ3v) is 4.58. The molecule has 0 saturated heterocycles. The molecule has 0 aliphatic rings. The first kappa shape index (κ1) is 27.4. The molecular weight excluding hydrogens is 517 g/mol. The van der Waals surface area contributed by atoms with Crippen molar-refractivity contribution < 1.29 is 9.59 Å². The van der Waals surface area contributed by atoms with E-state index in [1.165, 1.54) is 0 Å². The van der Waals surface area contributed by atoms with Crippen LogP contribution in [0.5, 0.6) is 0 Å². The van der Waals surface area contributed by atoms with Gasteiger partial charge >= 0.3 is 0 Å². The maximum absolute atomic E-state index is 12.0. The lowest BCUT2D eigenvalue weighted by Gasteiger charge is -2.13. The van der Waals surface area contributed by atoms with E-state index in [2.05, 4.69) is 20.9 Å². The van der Waals surface area contributed by atoms with E-state index in [1.54, 1.807) is 19.0 Å². The molecule has 0 bridgehead atoms. The number of carbonyl (C=O) groups excluding carboxylic acids is 2. The molecule has 0 aromatic heterocycles. The maximum atomic E-state index is 12.0. The van der Waals surface area contributed by atoms with Gasteiger partial charge in [0.15, 0.2) is 5.96 Å². The monoisotopic (exact) mass is 551 g/mol. The minimum Gasteiger partial charge on any atom is -0.357 e. The molecule has 2 amide bonds. The lowest BCUT2D eigenvalue weighted by Crippen LogP contribution is -2.36. The highest BCUT2D eigenvalue weighted by molar-refractivity contribution is 14.0. The molecule has 8 heteroatoms. The Balaban J connectivity index is 0.00000512. The average Bonchev–Trinajstić information content (AvgIpc) is 2.76. The quantitative estimate of drug-likeness (QED) is 0.264. The number of rotatable bonds is 8. The highest BCUT2D eigenvalue weighted by Crippen LogP contribution is 2.12. The summed E-state index contributed by atoms with van der Waals surface area (Å²) < 4.78 is 0. The van der Waals surface area contributed by atoms with Crippen LogP contribution in [0.4, 0.5) is 5.69 Å². The number of guanidine groups is 1. The van der Waals surface area contributed by atoms with E-state index in [0.29, 0.717) is 24.6 Å². The summed E-state index contributed by atoms with van der Waals surface area (Å²) in [4.78, 5) is 30.0. The zero-order valence-electron chi connectivity index (χ0n) is 19.4. The molecule has 174 valence electrons. The predicted molar refractivity (Wildman–Crippen MR) is 141 cm³/mol. The van der Waals surface area contributed by atoms with E-state index in [4.69, 9.17) is 0 Å². The molecule has 0 aliphatic heterocycles. The fourth-order valence-corrected chi connectivity index (χ4v) is 2.70. The summed E-state index contributed by atoms with van der Waals surface area (Å²) in [5.41, 5.74) is 3.56. The fourth-order valence-electron chi connectivity index (χ4n) is 2.70. The molecule has 0 atom stereocenters. The Morgan fingerprint density at radius 3 is 2.06 bits per heavy atom. The lowest BCUT2D eigenvalue weighted by atomic mass is 10.1. The first-order chi connectivity index (χ1) is 14.8. The number of hydrogen-bond acceptors (Lipinski definition) is 3. The van der Waals surface area contributed by atoms with Crippen molar-refractivity contribution in [2.45, 2.75) is 33.9 Å². The summed E-state index contributed by atoms with van der Waals surface area (Å²) in [6, 6.07) is 15.3. The molecule has 0 radical (unpaired) electrons. The highest BCUT2D eigenvalue weighted by Gasteiger charge is 2.08. The first-order valence-corrected chi connectivity index (χ1v) is 10.5. The molecule has 3 N–H and O–H groups in total. The Kier molecular flexibility index (Phi) is 11.8. The van der Waals surface area contributed by atoms with Crippen molar-refractivity contribution in [3.05, 3.63) is 65.2 Å². The average molecular weight is 551 g/mol. The molecule has 0 aliphatic carbocycles. The summed E-state index contributed by atoms with van der Waals surface area (Å²) in [7, 11) is 3.48. The minimum absolute atomic E-state index is 0. The number of anilines is 1. The largest absolute Gasteiger partial charge is 0.357 e. The number of benzene rings is 2. The number of aliphatic imine (C=N–C) groups is 1. The van der Waals surface area contributed by atoms with Gasteiger partial charge in [-0.05, 0) is 42.3 Å². The van der Waals surface area contributed by atoms with E-state index in [-0.39, 0.29) is 41.7 Å². The van der Waals surface area contributed by atoms with Crippen molar-refractivity contribution in [1.82, 2.24) is 15.5 Å². The number of amides is 2. The Morgan fingerprint density at radius 1 is 0.938 bits per heavy atom. The van der Waals surface area contributed by atoms with Crippen LogP contribution in [-0.4, -0.2) is 43.3 Å². The number of hydrogen-bond donors (Lipinski definition) is 3. The summed E-state index contributed by atoms with van der Waals surface area (Å²) in [6.07, 6.45) is 0. The van der Waals surface area contributed by atoms with Crippen molar-refractivity contribution in [1.29, 1.82) is 0 Å². The minimum atomic E-state index is -0.0531. The van der Waals surface area contributed by atoms with Crippen LogP contribution in [0.2, 0.25) is 0 Å². The van der Waals surface area contributed by atoms with Crippen molar-refractivity contribution >= 4 is 47.4 Å². The summed E-state index contributed by atoms with van der Waals surface area (Å²) in [5.74, 6) is 0.656. The molecule has 2 rings (SSSR count). The number of halogens is 1. The Hall–Kier alpha value is -2.62. The topological polar surface area (TPSA) is 85.8 Å². The van der Waals surface area contributed by atoms with Gasteiger partial charge in [-0.1, -0.05) is 38.1 Å². The maximum Gasteiger partial charge on any atom is 0.253 e. The molecule has 2 aromatic rings.